The van der Waals surface area contributed by atoms with Crippen LogP contribution >= 0.6 is 11.6 Å². The summed E-state index contributed by atoms with van der Waals surface area (Å²) < 4.78 is 0. The van der Waals surface area contributed by atoms with E-state index in [4.69, 9.17) is 11.6 Å². The highest BCUT2D eigenvalue weighted by molar-refractivity contribution is 6.29. The van der Waals surface area contributed by atoms with Crippen LogP contribution in [-0.4, -0.2) is 41.0 Å². The Balaban J connectivity index is 2.63. The van der Waals surface area contributed by atoms with E-state index < -0.39 is 0 Å². The molecule has 0 saturated carbocycles. The maximum Gasteiger partial charge on any atom is 0.137 e. The lowest BCUT2D eigenvalue weighted by molar-refractivity contribution is 0.261. The maximum absolute atomic E-state index is 6.07. The van der Waals surface area contributed by atoms with Gasteiger partial charge in [-0.1, -0.05) is 39.3 Å². The lowest BCUT2D eigenvalue weighted by Crippen LogP contribution is -2.32. The van der Waals surface area contributed by atoms with E-state index in [-0.39, 0.29) is 5.41 Å². The Hall–Kier alpha value is -0.870. The summed E-state index contributed by atoms with van der Waals surface area (Å²) in [5.74, 6) is 1.57. The third kappa shape index (κ3) is 5.25. The molecule has 1 atom stereocenters. The fourth-order valence-corrected chi connectivity index (χ4v) is 1.92. The van der Waals surface area contributed by atoms with Crippen molar-refractivity contribution in [3.63, 3.8) is 0 Å². The topological polar surface area (TPSA) is 41.0 Å². The van der Waals surface area contributed by atoms with Gasteiger partial charge in [0.2, 0.25) is 0 Å². The van der Waals surface area contributed by atoms with Crippen molar-refractivity contribution in [2.75, 3.05) is 25.5 Å². The number of likely N-dealkylation sites (N-methyl/N-ethyl adjacent to an activating group) is 1. The maximum atomic E-state index is 6.07. The van der Waals surface area contributed by atoms with Gasteiger partial charge in [-0.15, -0.1) is 0 Å². The normalized spacial score (nSPS) is 13.6. The number of hydrogen-bond acceptors (Lipinski definition) is 4. The SMILES string of the molecule is CCC(C)N(C)CCNc1cc(Cl)nc(C(C)(C)C)n1. The Bertz CT molecular complexity index is 428. The quantitative estimate of drug-likeness (QED) is 0.815. The van der Waals surface area contributed by atoms with Crippen LogP contribution in [0, 0.1) is 0 Å². The molecule has 1 aromatic heterocycles. The molecule has 0 aliphatic heterocycles. The van der Waals surface area contributed by atoms with E-state index in [9.17, 15) is 0 Å². The smallest absolute Gasteiger partial charge is 0.137 e. The summed E-state index contributed by atoms with van der Waals surface area (Å²) in [4.78, 5) is 11.2. The molecule has 0 amide bonds. The minimum atomic E-state index is -0.102. The van der Waals surface area contributed by atoms with Gasteiger partial charge in [-0.05, 0) is 20.4 Å². The number of aromatic nitrogens is 2. The van der Waals surface area contributed by atoms with Crippen LogP contribution in [0.3, 0.4) is 0 Å². The minimum absolute atomic E-state index is 0.102. The molecule has 0 spiro atoms. The Morgan fingerprint density at radius 3 is 2.55 bits per heavy atom. The molecule has 4 nitrogen and oxygen atoms in total. The van der Waals surface area contributed by atoms with E-state index in [0.29, 0.717) is 11.2 Å². The highest BCUT2D eigenvalue weighted by atomic mass is 35.5. The van der Waals surface area contributed by atoms with Crippen LogP contribution < -0.4 is 5.32 Å². The van der Waals surface area contributed by atoms with E-state index in [1.807, 2.05) is 0 Å². The van der Waals surface area contributed by atoms with Crippen molar-refractivity contribution in [1.82, 2.24) is 14.9 Å². The van der Waals surface area contributed by atoms with Crippen LogP contribution in [0.1, 0.15) is 46.9 Å². The van der Waals surface area contributed by atoms with Gasteiger partial charge in [0.15, 0.2) is 0 Å². The zero-order valence-corrected chi connectivity index (χ0v) is 14.3. The van der Waals surface area contributed by atoms with Gasteiger partial charge in [-0.2, -0.15) is 0 Å². The summed E-state index contributed by atoms with van der Waals surface area (Å²) >= 11 is 6.07. The van der Waals surface area contributed by atoms with Crippen molar-refractivity contribution in [1.29, 1.82) is 0 Å². The molecule has 0 saturated heterocycles. The molecule has 20 heavy (non-hydrogen) atoms. The van der Waals surface area contributed by atoms with E-state index in [1.165, 1.54) is 0 Å². The number of nitrogens with zero attached hydrogens (tertiary/aromatic N) is 3. The van der Waals surface area contributed by atoms with Gasteiger partial charge in [0.25, 0.3) is 0 Å². The molecule has 0 aromatic carbocycles. The van der Waals surface area contributed by atoms with Crippen LogP contribution in [0.2, 0.25) is 5.15 Å². The van der Waals surface area contributed by atoms with Crippen LogP contribution in [0.4, 0.5) is 5.82 Å². The largest absolute Gasteiger partial charge is 0.369 e. The van der Waals surface area contributed by atoms with Gasteiger partial charge in [-0.25, -0.2) is 9.97 Å². The molecular weight excluding hydrogens is 272 g/mol. The Kier molecular flexibility index (Phi) is 6.21. The number of rotatable bonds is 6. The highest BCUT2D eigenvalue weighted by Crippen LogP contribution is 2.22. The number of halogens is 1. The first-order valence-electron chi connectivity index (χ1n) is 7.23. The van der Waals surface area contributed by atoms with Gasteiger partial charge in [-0.3, -0.25) is 0 Å². The van der Waals surface area contributed by atoms with Crippen molar-refractivity contribution < 1.29 is 0 Å². The van der Waals surface area contributed by atoms with Crippen LogP contribution in [-0.2, 0) is 5.41 Å². The standard InChI is InChI=1S/C15H27ClN4/c1-7-11(2)20(6)9-8-17-13-10-12(16)18-14(19-13)15(3,4)5/h10-11H,7-9H2,1-6H3,(H,17,18,19). The predicted molar refractivity (Wildman–Crippen MR) is 86.6 cm³/mol. The lowest BCUT2D eigenvalue weighted by atomic mass is 9.96. The highest BCUT2D eigenvalue weighted by Gasteiger charge is 2.18. The first-order valence-corrected chi connectivity index (χ1v) is 7.61. The van der Waals surface area contributed by atoms with Crippen molar-refractivity contribution in [2.45, 2.75) is 52.5 Å². The Morgan fingerprint density at radius 2 is 2.00 bits per heavy atom. The van der Waals surface area contributed by atoms with Gasteiger partial charge < -0.3 is 10.2 Å². The monoisotopic (exact) mass is 298 g/mol. The molecule has 114 valence electrons. The summed E-state index contributed by atoms with van der Waals surface area (Å²) in [6.45, 7) is 12.5. The Labute approximate surface area is 127 Å². The molecular formula is C15H27ClN4. The van der Waals surface area contributed by atoms with Crippen LogP contribution in [0.5, 0.6) is 0 Å². The molecule has 1 aromatic rings. The molecule has 0 aliphatic carbocycles. The van der Waals surface area contributed by atoms with E-state index in [0.717, 1.165) is 31.2 Å². The molecule has 0 aliphatic rings. The zero-order chi connectivity index (χ0) is 15.3. The lowest BCUT2D eigenvalue weighted by Gasteiger charge is -2.23. The fourth-order valence-electron chi connectivity index (χ4n) is 1.74. The molecule has 1 N–H and O–H groups in total. The minimum Gasteiger partial charge on any atom is -0.369 e. The second-order valence-corrected chi connectivity index (χ2v) is 6.70. The van der Waals surface area contributed by atoms with Crippen molar-refractivity contribution in [3.8, 4) is 0 Å². The van der Waals surface area contributed by atoms with Crippen molar-refractivity contribution >= 4 is 17.4 Å². The van der Waals surface area contributed by atoms with Crippen LogP contribution in [0.15, 0.2) is 6.07 Å². The summed E-state index contributed by atoms with van der Waals surface area (Å²) in [7, 11) is 2.14. The van der Waals surface area contributed by atoms with E-state index in [2.05, 4.69) is 61.9 Å². The average molecular weight is 299 g/mol. The summed E-state index contributed by atoms with van der Waals surface area (Å²) in [6, 6.07) is 2.37. The average Bonchev–Trinajstić information content (AvgIpc) is 2.36. The van der Waals surface area contributed by atoms with Crippen LogP contribution in [0.25, 0.3) is 0 Å². The van der Waals surface area contributed by atoms with Gasteiger partial charge in [0.05, 0.1) is 0 Å². The Morgan fingerprint density at radius 1 is 1.35 bits per heavy atom. The first-order chi connectivity index (χ1) is 9.24. The number of nitrogens with one attached hydrogen (secondary N) is 1. The third-order valence-corrected chi connectivity index (χ3v) is 3.67. The molecule has 1 heterocycles. The van der Waals surface area contributed by atoms with Gasteiger partial charge >= 0.3 is 0 Å². The molecule has 0 bridgehead atoms. The zero-order valence-electron chi connectivity index (χ0n) is 13.5. The number of hydrogen-bond donors (Lipinski definition) is 1. The van der Waals surface area contributed by atoms with Crippen molar-refractivity contribution in [2.24, 2.45) is 0 Å². The second-order valence-electron chi connectivity index (χ2n) is 6.31. The van der Waals surface area contributed by atoms with E-state index in [1.54, 1.807) is 6.07 Å². The van der Waals surface area contributed by atoms with Gasteiger partial charge in [0.1, 0.15) is 16.8 Å². The molecule has 1 unspecified atom stereocenters. The predicted octanol–water partition coefficient (Wildman–Crippen LogP) is 3.57. The second kappa shape index (κ2) is 7.23. The van der Waals surface area contributed by atoms with E-state index >= 15 is 0 Å². The molecule has 0 fully saturated rings. The number of anilines is 1. The summed E-state index contributed by atoms with van der Waals surface area (Å²) in [5, 5.41) is 3.82. The fraction of sp³-hybridized carbons (Fsp3) is 0.733. The molecule has 1 rings (SSSR count). The van der Waals surface area contributed by atoms with Gasteiger partial charge in [0, 0.05) is 30.6 Å². The first kappa shape index (κ1) is 17.2. The third-order valence-electron chi connectivity index (χ3n) is 3.48. The molecule has 5 heteroatoms. The molecule has 0 radical (unpaired) electrons. The summed E-state index contributed by atoms with van der Waals surface area (Å²) in [6.07, 6.45) is 1.16. The van der Waals surface area contributed by atoms with Crippen molar-refractivity contribution in [3.05, 3.63) is 17.0 Å². The summed E-state index contributed by atoms with van der Waals surface area (Å²) in [5.41, 5.74) is -0.102.